The van der Waals surface area contributed by atoms with Gasteiger partial charge in [-0.3, -0.25) is 0 Å². The van der Waals surface area contributed by atoms with Gasteiger partial charge in [0.15, 0.2) is 5.82 Å². The summed E-state index contributed by atoms with van der Waals surface area (Å²) in [4.78, 5) is 8.80. The molecular weight excluding hydrogens is 190 g/mol. The highest BCUT2D eigenvalue weighted by molar-refractivity contribution is 5.41. The summed E-state index contributed by atoms with van der Waals surface area (Å²) in [6.07, 6.45) is 2.03. The van der Waals surface area contributed by atoms with Crippen molar-refractivity contribution in [1.82, 2.24) is 9.97 Å². The largest absolute Gasteiger partial charge is 0.383 e. The minimum Gasteiger partial charge on any atom is -0.383 e. The van der Waals surface area contributed by atoms with E-state index < -0.39 is 0 Å². The molecule has 4 heteroatoms. The smallest absolute Gasteiger partial charge is 0.162 e. The van der Waals surface area contributed by atoms with Crippen LogP contribution in [0.2, 0.25) is 0 Å². The highest BCUT2D eigenvalue weighted by Crippen LogP contribution is 2.34. The first-order valence-corrected chi connectivity index (χ1v) is 5.28. The number of nitrogen functional groups attached to an aromatic ring is 1. The molecule has 1 saturated heterocycles. The zero-order valence-electron chi connectivity index (χ0n) is 9.50. The lowest BCUT2D eigenvalue weighted by molar-refractivity contribution is 0.00930. The Morgan fingerprint density at radius 2 is 2.07 bits per heavy atom. The first kappa shape index (κ1) is 10.4. The van der Waals surface area contributed by atoms with Gasteiger partial charge in [-0.15, -0.1) is 0 Å². The third-order valence-corrected chi connectivity index (χ3v) is 3.12. The van der Waals surface area contributed by atoms with E-state index in [-0.39, 0.29) is 5.60 Å². The lowest BCUT2D eigenvalue weighted by Crippen LogP contribution is -2.24. The van der Waals surface area contributed by atoms with Crippen LogP contribution in [0.15, 0.2) is 0 Å². The van der Waals surface area contributed by atoms with Gasteiger partial charge in [-0.25, -0.2) is 9.97 Å². The molecule has 0 saturated carbocycles. The van der Waals surface area contributed by atoms with E-state index in [1.165, 1.54) is 0 Å². The van der Waals surface area contributed by atoms with Crippen molar-refractivity contribution in [2.75, 3.05) is 12.3 Å². The maximum absolute atomic E-state index is 5.84. The Morgan fingerprint density at radius 3 is 2.60 bits per heavy atom. The van der Waals surface area contributed by atoms with Crippen LogP contribution in [0.3, 0.4) is 0 Å². The summed E-state index contributed by atoms with van der Waals surface area (Å²) >= 11 is 0. The molecule has 2 heterocycles. The second-order valence-electron chi connectivity index (χ2n) is 4.33. The van der Waals surface area contributed by atoms with Crippen molar-refractivity contribution in [3.05, 3.63) is 17.1 Å². The molecule has 0 radical (unpaired) electrons. The molecule has 1 aromatic rings. The quantitative estimate of drug-likeness (QED) is 0.761. The van der Waals surface area contributed by atoms with Crippen LogP contribution in [0.4, 0.5) is 5.82 Å². The van der Waals surface area contributed by atoms with Gasteiger partial charge in [0.1, 0.15) is 11.4 Å². The van der Waals surface area contributed by atoms with Crippen LogP contribution in [-0.2, 0) is 10.3 Å². The average Bonchev–Trinajstić information content (AvgIpc) is 2.62. The number of aromatic nitrogens is 2. The van der Waals surface area contributed by atoms with Crippen molar-refractivity contribution in [3.8, 4) is 0 Å². The molecule has 2 N–H and O–H groups in total. The van der Waals surface area contributed by atoms with Gasteiger partial charge in [-0.2, -0.15) is 0 Å². The Bertz CT molecular complexity index is 360. The Labute approximate surface area is 89.9 Å². The molecule has 1 aliphatic heterocycles. The molecule has 1 fully saturated rings. The van der Waals surface area contributed by atoms with Crippen LogP contribution in [-0.4, -0.2) is 16.6 Å². The summed E-state index contributed by atoms with van der Waals surface area (Å²) in [6.45, 7) is 6.71. The van der Waals surface area contributed by atoms with Gasteiger partial charge in [0.2, 0.25) is 0 Å². The zero-order valence-corrected chi connectivity index (χ0v) is 9.50. The summed E-state index contributed by atoms with van der Waals surface area (Å²) < 4.78 is 5.70. The highest BCUT2D eigenvalue weighted by atomic mass is 16.5. The average molecular weight is 207 g/mol. The van der Waals surface area contributed by atoms with Crippen molar-refractivity contribution in [3.63, 3.8) is 0 Å². The summed E-state index contributed by atoms with van der Waals surface area (Å²) in [5.41, 5.74) is 7.40. The molecule has 0 amide bonds. The van der Waals surface area contributed by atoms with Gasteiger partial charge in [0.05, 0.1) is 0 Å². The van der Waals surface area contributed by atoms with Crippen LogP contribution in [0.5, 0.6) is 0 Å². The fourth-order valence-corrected chi connectivity index (χ4v) is 1.84. The molecule has 2 rings (SSSR count). The van der Waals surface area contributed by atoms with E-state index >= 15 is 0 Å². The number of aryl methyl sites for hydroxylation is 1. The molecule has 15 heavy (non-hydrogen) atoms. The second kappa shape index (κ2) is 3.45. The standard InChI is InChI=1S/C11H17N3O/c1-7-8(2)13-10(14-9(7)12)11(3)5-4-6-15-11/h4-6H2,1-3H3,(H2,12,13,14). The summed E-state index contributed by atoms with van der Waals surface area (Å²) in [5, 5.41) is 0. The molecule has 1 unspecified atom stereocenters. The molecule has 0 bridgehead atoms. The van der Waals surface area contributed by atoms with E-state index in [9.17, 15) is 0 Å². The third kappa shape index (κ3) is 1.69. The number of hydrogen-bond donors (Lipinski definition) is 1. The first-order chi connectivity index (χ1) is 7.03. The predicted molar refractivity (Wildman–Crippen MR) is 58.5 cm³/mol. The van der Waals surface area contributed by atoms with Crippen molar-refractivity contribution < 1.29 is 4.74 Å². The summed E-state index contributed by atoms with van der Waals surface area (Å²) in [7, 11) is 0. The number of ether oxygens (including phenoxy) is 1. The Hall–Kier alpha value is -1.16. The van der Waals surface area contributed by atoms with E-state index in [1.807, 2.05) is 20.8 Å². The number of rotatable bonds is 1. The maximum atomic E-state index is 5.84. The predicted octanol–water partition coefficient (Wildman–Crippen LogP) is 1.70. The minimum absolute atomic E-state index is 0.341. The van der Waals surface area contributed by atoms with Crippen molar-refractivity contribution >= 4 is 5.82 Å². The van der Waals surface area contributed by atoms with Gasteiger partial charge in [-0.1, -0.05) is 0 Å². The van der Waals surface area contributed by atoms with E-state index in [2.05, 4.69) is 9.97 Å². The second-order valence-corrected chi connectivity index (χ2v) is 4.33. The van der Waals surface area contributed by atoms with Crippen LogP contribution in [0, 0.1) is 13.8 Å². The van der Waals surface area contributed by atoms with Crippen molar-refractivity contribution in [2.45, 2.75) is 39.2 Å². The number of hydrogen-bond acceptors (Lipinski definition) is 4. The lowest BCUT2D eigenvalue weighted by Gasteiger charge is -2.22. The van der Waals surface area contributed by atoms with Crippen LogP contribution < -0.4 is 5.73 Å². The van der Waals surface area contributed by atoms with Crippen LogP contribution in [0.1, 0.15) is 36.8 Å². The van der Waals surface area contributed by atoms with Gasteiger partial charge < -0.3 is 10.5 Å². The number of nitrogens with zero attached hydrogens (tertiary/aromatic N) is 2. The molecule has 0 aromatic carbocycles. The SMILES string of the molecule is Cc1nc(C2(C)CCCO2)nc(N)c1C. The fraction of sp³-hybridized carbons (Fsp3) is 0.636. The van der Waals surface area contributed by atoms with Gasteiger partial charge in [0.25, 0.3) is 0 Å². The zero-order chi connectivity index (χ0) is 11.1. The number of anilines is 1. The Morgan fingerprint density at radius 1 is 1.33 bits per heavy atom. The van der Waals surface area contributed by atoms with Crippen LogP contribution in [0.25, 0.3) is 0 Å². The monoisotopic (exact) mass is 207 g/mol. The maximum Gasteiger partial charge on any atom is 0.162 e. The first-order valence-electron chi connectivity index (χ1n) is 5.28. The highest BCUT2D eigenvalue weighted by Gasteiger charge is 2.35. The summed E-state index contributed by atoms with van der Waals surface area (Å²) in [5.74, 6) is 1.29. The Kier molecular flexibility index (Phi) is 2.38. The molecule has 1 atom stereocenters. The van der Waals surface area contributed by atoms with Gasteiger partial charge in [-0.05, 0) is 33.6 Å². The van der Waals surface area contributed by atoms with Crippen molar-refractivity contribution in [1.29, 1.82) is 0 Å². The van der Waals surface area contributed by atoms with Crippen LogP contribution >= 0.6 is 0 Å². The van der Waals surface area contributed by atoms with E-state index in [0.717, 1.165) is 36.5 Å². The van der Waals surface area contributed by atoms with Crippen molar-refractivity contribution in [2.24, 2.45) is 0 Å². The fourth-order valence-electron chi connectivity index (χ4n) is 1.84. The van der Waals surface area contributed by atoms with E-state index in [1.54, 1.807) is 0 Å². The summed E-state index contributed by atoms with van der Waals surface area (Å²) in [6, 6.07) is 0. The topological polar surface area (TPSA) is 61.0 Å². The molecular formula is C11H17N3O. The molecule has 1 aliphatic rings. The number of nitrogens with two attached hydrogens (primary N) is 1. The van der Waals surface area contributed by atoms with Gasteiger partial charge >= 0.3 is 0 Å². The Balaban J connectivity index is 2.45. The third-order valence-electron chi connectivity index (χ3n) is 3.12. The van der Waals surface area contributed by atoms with E-state index in [0.29, 0.717) is 5.82 Å². The minimum atomic E-state index is -0.341. The molecule has 1 aromatic heterocycles. The molecule has 82 valence electrons. The lowest BCUT2D eigenvalue weighted by atomic mass is 10.0. The van der Waals surface area contributed by atoms with Gasteiger partial charge in [0, 0.05) is 17.9 Å². The molecule has 0 spiro atoms. The normalized spacial score (nSPS) is 25.8. The van der Waals surface area contributed by atoms with E-state index in [4.69, 9.17) is 10.5 Å². The molecule has 4 nitrogen and oxygen atoms in total. The molecule has 0 aliphatic carbocycles.